The van der Waals surface area contributed by atoms with Crippen molar-refractivity contribution >= 4 is 21.2 Å². The van der Waals surface area contributed by atoms with Gasteiger partial charge in [0.1, 0.15) is 0 Å². The van der Waals surface area contributed by atoms with Crippen molar-refractivity contribution in [2.45, 2.75) is 18.4 Å². The van der Waals surface area contributed by atoms with Crippen LogP contribution in [0.15, 0.2) is 46.7 Å². The first-order chi connectivity index (χ1) is 9.49. The van der Waals surface area contributed by atoms with Gasteiger partial charge in [0.15, 0.2) is 9.84 Å². The predicted molar refractivity (Wildman–Crippen MR) is 83.9 cm³/mol. The summed E-state index contributed by atoms with van der Waals surface area (Å²) in [4.78, 5) is 3.75. The Hall–Kier alpha value is -1.17. The van der Waals surface area contributed by atoms with E-state index in [1.54, 1.807) is 35.6 Å². The first-order valence-corrected chi connectivity index (χ1v) is 9.01. The Bertz CT molecular complexity index is 648. The molecule has 0 radical (unpaired) electrons. The van der Waals surface area contributed by atoms with Gasteiger partial charge in [-0.2, -0.15) is 0 Å². The summed E-state index contributed by atoms with van der Waals surface area (Å²) in [7, 11) is -1.22. The van der Waals surface area contributed by atoms with E-state index in [0.717, 1.165) is 6.54 Å². The summed E-state index contributed by atoms with van der Waals surface area (Å²) in [6.07, 6.45) is 0. The lowest BCUT2D eigenvalue weighted by atomic mass is 10.3. The maximum absolute atomic E-state index is 12.2. The molecule has 0 aliphatic rings. The second kappa shape index (κ2) is 6.52. The van der Waals surface area contributed by atoms with Crippen LogP contribution >= 0.6 is 11.3 Å². The van der Waals surface area contributed by atoms with E-state index in [2.05, 4.69) is 23.3 Å². The van der Waals surface area contributed by atoms with Gasteiger partial charge in [0, 0.05) is 18.0 Å². The van der Waals surface area contributed by atoms with Gasteiger partial charge in [-0.25, -0.2) is 8.42 Å². The van der Waals surface area contributed by atoms with Crippen LogP contribution in [0.2, 0.25) is 0 Å². The van der Waals surface area contributed by atoms with Crippen LogP contribution < -0.4 is 0 Å². The lowest BCUT2D eigenvalue weighted by molar-refractivity contribution is 0.348. The van der Waals surface area contributed by atoms with E-state index in [-0.39, 0.29) is 5.75 Å². The SMILES string of the molecule is Cc1ccsc1CN(C)CCS(=O)(=O)c1ccccc1. The number of hydrogen-bond donors (Lipinski definition) is 0. The number of rotatable bonds is 6. The second-order valence-corrected chi connectivity index (χ2v) is 8.01. The molecule has 0 amide bonds. The smallest absolute Gasteiger partial charge is 0.179 e. The zero-order valence-electron chi connectivity index (χ0n) is 11.7. The zero-order valence-corrected chi connectivity index (χ0v) is 13.4. The van der Waals surface area contributed by atoms with Crippen LogP contribution in [-0.4, -0.2) is 32.7 Å². The van der Waals surface area contributed by atoms with Gasteiger partial charge in [-0.3, -0.25) is 0 Å². The monoisotopic (exact) mass is 309 g/mol. The van der Waals surface area contributed by atoms with Crippen molar-refractivity contribution in [3.8, 4) is 0 Å². The van der Waals surface area contributed by atoms with Gasteiger partial charge in [0.25, 0.3) is 0 Å². The maximum atomic E-state index is 12.2. The van der Waals surface area contributed by atoms with E-state index in [0.29, 0.717) is 11.4 Å². The zero-order chi connectivity index (χ0) is 14.6. The van der Waals surface area contributed by atoms with Crippen molar-refractivity contribution in [1.82, 2.24) is 4.90 Å². The molecule has 0 fully saturated rings. The molecule has 3 nitrogen and oxygen atoms in total. The fourth-order valence-electron chi connectivity index (χ4n) is 1.91. The molecule has 20 heavy (non-hydrogen) atoms. The molecule has 2 rings (SSSR count). The fourth-order valence-corrected chi connectivity index (χ4v) is 4.26. The van der Waals surface area contributed by atoms with Crippen molar-refractivity contribution < 1.29 is 8.42 Å². The van der Waals surface area contributed by atoms with E-state index in [9.17, 15) is 8.42 Å². The van der Waals surface area contributed by atoms with Gasteiger partial charge < -0.3 is 4.90 Å². The topological polar surface area (TPSA) is 37.4 Å². The second-order valence-electron chi connectivity index (χ2n) is 4.90. The third-order valence-corrected chi connectivity index (χ3v) is 5.94. The van der Waals surface area contributed by atoms with Crippen LogP contribution in [0.3, 0.4) is 0 Å². The predicted octanol–water partition coefficient (Wildman–Crippen LogP) is 2.96. The van der Waals surface area contributed by atoms with Crippen LogP contribution in [0.1, 0.15) is 10.4 Å². The highest BCUT2D eigenvalue weighted by molar-refractivity contribution is 7.91. The normalized spacial score (nSPS) is 11.9. The Balaban J connectivity index is 1.93. The summed E-state index contributed by atoms with van der Waals surface area (Å²) in [5.41, 5.74) is 1.27. The van der Waals surface area contributed by atoms with Crippen LogP contribution in [0.4, 0.5) is 0 Å². The summed E-state index contributed by atoms with van der Waals surface area (Å²) in [5, 5.41) is 2.07. The first-order valence-electron chi connectivity index (χ1n) is 6.48. The van der Waals surface area contributed by atoms with Crippen molar-refractivity contribution in [3.05, 3.63) is 52.2 Å². The number of nitrogens with zero attached hydrogens (tertiary/aromatic N) is 1. The molecule has 0 bridgehead atoms. The summed E-state index contributed by atoms with van der Waals surface area (Å²) < 4.78 is 24.4. The van der Waals surface area contributed by atoms with Gasteiger partial charge >= 0.3 is 0 Å². The molecular formula is C15H19NO2S2. The third-order valence-electron chi connectivity index (χ3n) is 3.23. The largest absolute Gasteiger partial charge is 0.300 e. The highest BCUT2D eigenvalue weighted by atomic mass is 32.2. The molecule has 1 aromatic heterocycles. The van der Waals surface area contributed by atoms with Crippen molar-refractivity contribution in [2.75, 3.05) is 19.3 Å². The molecule has 108 valence electrons. The summed E-state index contributed by atoms with van der Waals surface area (Å²) in [6.45, 7) is 3.42. The molecule has 0 saturated carbocycles. The molecule has 0 saturated heterocycles. The fraction of sp³-hybridized carbons (Fsp3) is 0.333. The quantitative estimate of drug-likeness (QED) is 0.823. The van der Waals surface area contributed by atoms with E-state index in [4.69, 9.17) is 0 Å². The minimum Gasteiger partial charge on any atom is -0.300 e. The molecule has 2 aromatic rings. The Kier molecular flexibility index (Phi) is 4.96. The van der Waals surface area contributed by atoms with Crippen LogP contribution in [0, 0.1) is 6.92 Å². The van der Waals surface area contributed by atoms with Crippen LogP contribution in [0.25, 0.3) is 0 Å². The van der Waals surface area contributed by atoms with E-state index >= 15 is 0 Å². The highest BCUT2D eigenvalue weighted by Crippen LogP contribution is 2.17. The average molecular weight is 309 g/mol. The number of hydrogen-bond acceptors (Lipinski definition) is 4. The van der Waals surface area contributed by atoms with Gasteiger partial charge in [-0.05, 0) is 43.1 Å². The summed E-state index contributed by atoms with van der Waals surface area (Å²) >= 11 is 1.72. The number of sulfone groups is 1. The molecule has 0 spiro atoms. The summed E-state index contributed by atoms with van der Waals surface area (Å²) in [5.74, 6) is 0.151. The van der Waals surface area contributed by atoms with Crippen LogP contribution in [0.5, 0.6) is 0 Å². The molecule has 0 atom stereocenters. The van der Waals surface area contributed by atoms with Gasteiger partial charge in [0.2, 0.25) is 0 Å². The molecule has 0 aliphatic carbocycles. The molecule has 0 aliphatic heterocycles. The highest BCUT2D eigenvalue weighted by Gasteiger charge is 2.15. The van der Waals surface area contributed by atoms with E-state index in [1.165, 1.54) is 10.4 Å². The van der Waals surface area contributed by atoms with Crippen LogP contribution in [-0.2, 0) is 16.4 Å². The maximum Gasteiger partial charge on any atom is 0.179 e. The Morgan fingerprint density at radius 3 is 2.45 bits per heavy atom. The molecular weight excluding hydrogens is 290 g/mol. The Labute approximate surface area is 124 Å². The standard InChI is InChI=1S/C15H19NO2S2/c1-13-8-10-19-15(13)12-16(2)9-11-20(17,18)14-6-4-3-5-7-14/h3-8,10H,9,11-12H2,1-2H3. The molecule has 0 unspecified atom stereocenters. The van der Waals surface area contributed by atoms with Gasteiger partial charge in [-0.15, -0.1) is 11.3 Å². The Morgan fingerprint density at radius 2 is 1.85 bits per heavy atom. The van der Waals surface area contributed by atoms with Crippen molar-refractivity contribution in [1.29, 1.82) is 0 Å². The minimum atomic E-state index is -3.18. The average Bonchev–Trinajstić information content (AvgIpc) is 2.83. The minimum absolute atomic E-state index is 0.151. The summed E-state index contributed by atoms with van der Waals surface area (Å²) in [6, 6.07) is 10.7. The number of thiophene rings is 1. The first kappa shape index (κ1) is 15.2. The van der Waals surface area contributed by atoms with E-state index < -0.39 is 9.84 Å². The number of aryl methyl sites for hydroxylation is 1. The third kappa shape index (κ3) is 3.91. The molecule has 1 aromatic carbocycles. The lowest BCUT2D eigenvalue weighted by Crippen LogP contribution is -2.25. The molecule has 5 heteroatoms. The van der Waals surface area contributed by atoms with Gasteiger partial charge in [-0.1, -0.05) is 18.2 Å². The van der Waals surface area contributed by atoms with Crippen molar-refractivity contribution in [3.63, 3.8) is 0 Å². The lowest BCUT2D eigenvalue weighted by Gasteiger charge is -2.16. The van der Waals surface area contributed by atoms with Gasteiger partial charge in [0.05, 0.1) is 10.6 Å². The Morgan fingerprint density at radius 1 is 1.15 bits per heavy atom. The van der Waals surface area contributed by atoms with E-state index in [1.807, 2.05) is 13.1 Å². The molecule has 1 heterocycles. The number of benzene rings is 1. The van der Waals surface area contributed by atoms with Crippen molar-refractivity contribution in [2.24, 2.45) is 0 Å². The molecule has 0 N–H and O–H groups in total.